The second kappa shape index (κ2) is 13.1. The summed E-state index contributed by atoms with van der Waals surface area (Å²) in [7, 11) is 0. The van der Waals surface area contributed by atoms with Crippen LogP contribution in [0.3, 0.4) is 0 Å². The van der Waals surface area contributed by atoms with Crippen molar-refractivity contribution in [3.8, 4) is 0 Å². The number of esters is 1. The van der Waals surface area contributed by atoms with E-state index in [1.54, 1.807) is 27.7 Å². The summed E-state index contributed by atoms with van der Waals surface area (Å²) >= 11 is 0. The lowest BCUT2D eigenvalue weighted by atomic mass is 10.2. The first-order valence-corrected chi connectivity index (χ1v) is 8.67. The quantitative estimate of drug-likeness (QED) is 0.206. The van der Waals surface area contributed by atoms with E-state index in [2.05, 4.69) is 16.7 Å². The molecule has 0 radical (unpaired) electrons. The smallest absolute Gasteiger partial charge is 0.339 e. The van der Waals surface area contributed by atoms with Crippen molar-refractivity contribution in [2.45, 2.75) is 105 Å². The Balaban J connectivity index is 0. The minimum atomic E-state index is -0.659. The molecule has 0 saturated carbocycles. The van der Waals surface area contributed by atoms with E-state index in [-0.39, 0.29) is 5.97 Å². The largest absolute Gasteiger partial charge is 0.433 e. The van der Waals surface area contributed by atoms with Crippen LogP contribution in [0, 0.1) is 0 Å². The lowest BCUT2D eigenvalue weighted by molar-refractivity contribution is -0.405. The van der Waals surface area contributed by atoms with Gasteiger partial charge < -0.3 is 4.74 Å². The highest BCUT2D eigenvalue weighted by molar-refractivity contribution is 5.69. The van der Waals surface area contributed by atoms with Crippen LogP contribution in [-0.2, 0) is 33.9 Å². The van der Waals surface area contributed by atoms with E-state index < -0.39 is 23.5 Å². The van der Waals surface area contributed by atoms with Crippen molar-refractivity contribution in [3.05, 3.63) is 0 Å². The van der Waals surface area contributed by atoms with Crippen LogP contribution in [0.1, 0.15) is 88.0 Å². The van der Waals surface area contributed by atoms with Crippen molar-refractivity contribution in [3.63, 3.8) is 0 Å². The van der Waals surface area contributed by atoms with E-state index in [4.69, 9.17) is 14.5 Å². The van der Waals surface area contributed by atoms with Gasteiger partial charge in [0.1, 0.15) is 5.60 Å². The van der Waals surface area contributed by atoms with Crippen molar-refractivity contribution in [1.82, 2.24) is 0 Å². The second-order valence-electron chi connectivity index (χ2n) is 7.58. The molecule has 0 N–H and O–H groups in total. The molecule has 150 valence electrons. The fourth-order valence-corrected chi connectivity index (χ4v) is 1.18. The summed E-state index contributed by atoms with van der Waals surface area (Å²) in [5.41, 5.74) is -0.811. The Morgan fingerprint density at radius 1 is 0.920 bits per heavy atom. The molecule has 0 spiro atoms. The third kappa shape index (κ3) is 25.2. The van der Waals surface area contributed by atoms with Crippen molar-refractivity contribution >= 4 is 11.9 Å². The molecule has 0 aromatic carbocycles. The first kappa shape index (κ1) is 26.1. The predicted molar refractivity (Wildman–Crippen MR) is 94.2 cm³/mol. The van der Waals surface area contributed by atoms with E-state index >= 15 is 0 Å². The first-order chi connectivity index (χ1) is 11.3. The van der Waals surface area contributed by atoms with Crippen LogP contribution >= 0.6 is 0 Å². The molecule has 1 unspecified atom stereocenters. The molecule has 7 heteroatoms. The number of carbonyl (C=O) groups is 2. The summed E-state index contributed by atoms with van der Waals surface area (Å²) in [5.74, 6) is -0.664. The Labute approximate surface area is 152 Å². The number of unbranched alkanes of at least 4 members (excludes halogenated alkanes) is 2. The van der Waals surface area contributed by atoms with Gasteiger partial charge in [-0.3, -0.25) is 9.68 Å². The van der Waals surface area contributed by atoms with Gasteiger partial charge in [-0.15, -0.1) is 0 Å². The molecule has 0 aliphatic rings. The maximum Gasteiger partial charge on any atom is 0.339 e. The second-order valence-corrected chi connectivity index (χ2v) is 7.58. The lowest BCUT2D eigenvalue weighted by Gasteiger charge is -2.20. The van der Waals surface area contributed by atoms with Crippen molar-refractivity contribution in [1.29, 1.82) is 0 Å². The molecule has 0 fully saturated rings. The van der Waals surface area contributed by atoms with E-state index in [0.29, 0.717) is 6.42 Å². The molecular formula is C18H36O7. The highest BCUT2D eigenvalue weighted by atomic mass is 17.2. The molecule has 0 aliphatic heterocycles. The fourth-order valence-electron chi connectivity index (χ4n) is 1.18. The molecule has 0 bridgehead atoms. The Kier molecular flexibility index (Phi) is 13.6. The third-order valence-corrected chi connectivity index (χ3v) is 2.12. The van der Waals surface area contributed by atoms with Gasteiger partial charge in [-0.1, -0.05) is 19.8 Å². The van der Waals surface area contributed by atoms with Crippen LogP contribution in [0.2, 0.25) is 0 Å². The van der Waals surface area contributed by atoms with Gasteiger partial charge in [-0.25, -0.2) is 9.68 Å². The molecule has 0 heterocycles. The molecule has 0 rings (SSSR count). The van der Waals surface area contributed by atoms with Crippen LogP contribution in [0.4, 0.5) is 0 Å². The van der Waals surface area contributed by atoms with Gasteiger partial charge in [0.2, 0.25) is 6.29 Å². The maximum absolute atomic E-state index is 11.3. The average molecular weight is 364 g/mol. The normalized spacial score (nSPS) is 12.7. The van der Waals surface area contributed by atoms with E-state index in [1.807, 2.05) is 20.8 Å². The van der Waals surface area contributed by atoms with Crippen LogP contribution in [0.25, 0.3) is 0 Å². The van der Waals surface area contributed by atoms with Gasteiger partial charge in [0.25, 0.3) is 0 Å². The van der Waals surface area contributed by atoms with Crippen LogP contribution in [0.15, 0.2) is 0 Å². The zero-order valence-corrected chi connectivity index (χ0v) is 17.3. The third-order valence-electron chi connectivity index (χ3n) is 2.12. The van der Waals surface area contributed by atoms with Gasteiger partial charge in [0.15, 0.2) is 0 Å². The molecule has 0 aliphatic carbocycles. The number of hydrogen-bond donors (Lipinski definition) is 0. The minimum Gasteiger partial charge on any atom is -0.433 e. The van der Waals surface area contributed by atoms with Crippen LogP contribution < -0.4 is 0 Å². The molecule has 7 nitrogen and oxygen atoms in total. The molecule has 25 heavy (non-hydrogen) atoms. The van der Waals surface area contributed by atoms with Gasteiger partial charge in [0, 0.05) is 20.3 Å². The number of rotatable bonds is 8. The van der Waals surface area contributed by atoms with Crippen LogP contribution in [0.5, 0.6) is 0 Å². The molecule has 0 aromatic rings. The summed E-state index contributed by atoms with van der Waals surface area (Å²) in [6.45, 7) is 16.0. The maximum atomic E-state index is 11.3. The van der Waals surface area contributed by atoms with Gasteiger partial charge >= 0.3 is 11.9 Å². The summed E-state index contributed by atoms with van der Waals surface area (Å²) < 4.78 is 5.01. The van der Waals surface area contributed by atoms with Gasteiger partial charge in [0.05, 0.1) is 5.60 Å². The molecule has 0 saturated heterocycles. The number of ether oxygens (including phenoxy) is 1. The Morgan fingerprint density at radius 3 is 1.80 bits per heavy atom. The van der Waals surface area contributed by atoms with Crippen LogP contribution in [-0.4, -0.2) is 29.4 Å². The molecule has 1 atom stereocenters. The van der Waals surface area contributed by atoms with E-state index in [9.17, 15) is 9.59 Å². The molecule has 0 aromatic heterocycles. The highest BCUT2D eigenvalue weighted by Gasteiger charge is 2.16. The topological polar surface area (TPSA) is 80.3 Å². The predicted octanol–water partition coefficient (Wildman–Crippen LogP) is 4.48. The standard InChI is InChI=1S/C12H24O4.C6H12O3/c1-6-7-8-9-11(13)14-10(2)15-16-12(3,4)5;1-5(7)8-9-6(2,3)4/h10H,6-9H2,1-5H3;1-4H3. The average Bonchev–Trinajstić information content (AvgIpc) is 2.42. The van der Waals surface area contributed by atoms with Crippen molar-refractivity contribution in [2.24, 2.45) is 0 Å². The fraction of sp³-hybridized carbons (Fsp3) is 0.889. The summed E-state index contributed by atoms with van der Waals surface area (Å²) in [4.78, 5) is 40.3. The Hall–Kier alpha value is -1.18. The summed E-state index contributed by atoms with van der Waals surface area (Å²) in [6.07, 6.45) is 2.78. The minimum absolute atomic E-state index is 0.238. The lowest BCUT2D eigenvalue weighted by Crippen LogP contribution is -2.25. The Morgan fingerprint density at radius 2 is 1.44 bits per heavy atom. The highest BCUT2D eigenvalue weighted by Crippen LogP contribution is 2.10. The SMILES string of the molecule is CC(=O)OOC(C)(C)C.CCCCCC(=O)OC(C)OOC(C)(C)C. The molecule has 0 amide bonds. The van der Waals surface area contributed by atoms with Gasteiger partial charge in [-0.05, 0) is 48.0 Å². The van der Waals surface area contributed by atoms with Crippen molar-refractivity contribution in [2.75, 3.05) is 0 Å². The van der Waals surface area contributed by atoms with Crippen molar-refractivity contribution < 1.29 is 33.9 Å². The monoisotopic (exact) mass is 364 g/mol. The summed E-state index contributed by atoms with van der Waals surface area (Å²) in [5, 5.41) is 0. The van der Waals surface area contributed by atoms with E-state index in [1.165, 1.54) is 6.92 Å². The Bertz CT molecular complexity index is 367. The first-order valence-electron chi connectivity index (χ1n) is 8.67. The van der Waals surface area contributed by atoms with E-state index in [0.717, 1.165) is 19.3 Å². The molecular weight excluding hydrogens is 328 g/mol. The zero-order valence-electron chi connectivity index (χ0n) is 17.3. The zero-order chi connectivity index (χ0) is 20.1. The number of hydrogen-bond acceptors (Lipinski definition) is 7. The summed E-state index contributed by atoms with van der Waals surface area (Å²) in [6, 6.07) is 0. The van der Waals surface area contributed by atoms with Gasteiger partial charge in [-0.2, -0.15) is 9.78 Å². The number of carbonyl (C=O) groups excluding carboxylic acids is 2.